The molecule has 0 saturated carbocycles. The lowest BCUT2D eigenvalue weighted by Gasteiger charge is -2.05. The number of anilines is 2. The number of aromatic nitrogens is 1. The number of nitrogens with zero attached hydrogens (tertiary/aromatic N) is 2. The van der Waals surface area contributed by atoms with Gasteiger partial charge in [-0.2, -0.15) is 9.64 Å². The van der Waals surface area contributed by atoms with Gasteiger partial charge < -0.3 is 11.1 Å². The van der Waals surface area contributed by atoms with Crippen molar-refractivity contribution in [3.8, 4) is 6.07 Å². The highest BCUT2D eigenvalue weighted by atomic mass is 32.1. The third kappa shape index (κ3) is 3.40. The fraction of sp³-hybridized carbons (Fsp3) is 0.600. The Kier molecular flexibility index (Phi) is 4.37. The SMILES string of the molecule is CC(C)CCCNc1snc(N)c1C#N. The zero-order chi connectivity index (χ0) is 11.3. The summed E-state index contributed by atoms with van der Waals surface area (Å²) in [5, 5.41) is 12.8. The van der Waals surface area contributed by atoms with Crippen LogP contribution in [0.4, 0.5) is 10.8 Å². The van der Waals surface area contributed by atoms with E-state index in [0.717, 1.165) is 18.0 Å². The molecule has 0 bridgehead atoms. The maximum atomic E-state index is 8.83. The molecular weight excluding hydrogens is 208 g/mol. The Morgan fingerprint density at radius 3 is 2.93 bits per heavy atom. The summed E-state index contributed by atoms with van der Waals surface area (Å²) in [5.74, 6) is 1.04. The monoisotopic (exact) mass is 224 g/mol. The Hall–Kier alpha value is -1.28. The third-order valence-corrected chi connectivity index (χ3v) is 2.89. The lowest BCUT2D eigenvalue weighted by molar-refractivity contribution is 0.567. The number of nitrogen functional groups attached to an aromatic ring is 1. The molecular formula is C10H16N4S. The first-order valence-electron chi connectivity index (χ1n) is 5.04. The number of nitriles is 1. The van der Waals surface area contributed by atoms with Gasteiger partial charge in [0.1, 0.15) is 16.6 Å². The van der Waals surface area contributed by atoms with E-state index in [-0.39, 0.29) is 0 Å². The molecule has 0 aliphatic rings. The standard InChI is InChI=1S/C10H16N4S/c1-7(2)4-3-5-13-10-8(6-11)9(12)14-15-10/h7,13H,3-5H2,1-2H3,(H2,12,14). The fourth-order valence-electron chi connectivity index (χ4n) is 1.24. The van der Waals surface area contributed by atoms with Gasteiger partial charge in [0.15, 0.2) is 5.82 Å². The molecule has 0 unspecified atom stereocenters. The third-order valence-electron chi connectivity index (χ3n) is 2.07. The average molecular weight is 224 g/mol. The van der Waals surface area contributed by atoms with Crippen molar-refractivity contribution in [1.29, 1.82) is 5.26 Å². The average Bonchev–Trinajstić information content (AvgIpc) is 2.53. The number of rotatable bonds is 5. The molecule has 15 heavy (non-hydrogen) atoms. The molecule has 0 radical (unpaired) electrons. The van der Waals surface area contributed by atoms with Gasteiger partial charge in [0.2, 0.25) is 0 Å². The molecule has 1 aromatic rings. The summed E-state index contributed by atoms with van der Waals surface area (Å²) in [6.07, 6.45) is 2.28. The van der Waals surface area contributed by atoms with Crippen molar-refractivity contribution < 1.29 is 0 Å². The number of hydrogen-bond acceptors (Lipinski definition) is 5. The topological polar surface area (TPSA) is 74.7 Å². The summed E-state index contributed by atoms with van der Waals surface area (Å²) in [6.45, 7) is 5.27. The molecule has 3 N–H and O–H groups in total. The van der Waals surface area contributed by atoms with E-state index in [0.29, 0.717) is 17.3 Å². The van der Waals surface area contributed by atoms with Crippen molar-refractivity contribution in [2.75, 3.05) is 17.6 Å². The van der Waals surface area contributed by atoms with E-state index in [4.69, 9.17) is 11.0 Å². The largest absolute Gasteiger partial charge is 0.382 e. The zero-order valence-corrected chi connectivity index (χ0v) is 9.90. The summed E-state index contributed by atoms with van der Waals surface area (Å²) < 4.78 is 3.94. The molecule has 5 heteroatoms. The number of nitrogens with two attached hydrogens (primary N) is 1. The number of nitrogens with one attached hydrogen (secondary N) is 1. The van der Waals surface area contributed by atoms with Crippen molar-refractivity contribution in [2.45, 2.75) is 26.7 Å². The quantitative estimate of drug-likeness (QED) is 0.753. The lowest BCUT2D eigenvalue weighted by Crippen LogP contribution is -2.03. The predicted molar refractivity (Wildman–Crippen MR) is 63.8 cm³/mol. The van der Waals surface area contributed by atoms with Crippen LogP contribution in [0.15, 0.2) is 0 Å². The van der Waals surface area contributed by atoms with E-state index in [1.165, 1.54) is 18.0 Å². The molecule has 1 rings (SSSR count). The highest BCUT2D eigenvalue weighted by molar-refractivity contribution is 7.10. The van der Waals surface area contributed by atoms with Crippen LogP contribution in [-0.4, -0.2) is 10.9 Å². The smallest absolute Gasteiger partial charge is 0.157 e. The Bertz CT molecular complexity index is 351. The van der Waals surface area contributed by atoms with Crippen LogP contribution < -0.4 is 11.1 Å². The minimum atomic E-state index is 0.328. The highest BCUT2D eigenvalue weighted by Crippen LogP contribution is 2.25. The summed E-state index contributed by atoms with van der Waals surface area (Å²) in [7, 11) is 0. The normalized spacial score (nSPS) is 10.3. The Balaban J connectivity index is 2.41. The van der Waals surface area contributed by atoms with Crippen LogP contribution in [0, 0.1) is 17.2 Å². The van der Waals surface area contributed by atoms with E-state index in [2.05, 4.69) is 29.6 Å². The van der Waals surface area contributed by atoms with Crippen molar-refractivity contribution in [1.82, 2.24) is 4.37 Å². The molecule has 0 amide bonds. The van der Waals surface area contributed by atoms with E-state index in [9.17, 15) is 0 Å². The molecule has 4 nitrogen and oxygen atoms in total. The van der Waals surface area contributed by atoms with E-state index in [1.54, 1.807) is 0 Å². The van der Waals surface area contributed by atoms with Gasteiger partial charge >= 0.3 is 0 Å². The van der Waals surface area contributed by atoms with Crippen LogP contribution in [-0.2, 0) is 0 Å². The first kappa shape index (κ1) is 11.8. The minimum absolute atomic E-state index is 0.328. The lowest BCUT2D eigenvalue weighted by atomic mass is 10.1. The van der Waals surface area contributed by atoms with E-state index in [1.807, 2.05) is 0 Å². The number of hydrogen-bond donors (Lipinski definition) is 2. The van der Waals surface area contributed by atoms with Gasteiger partial charge in [-0.3, -0.25) is 0 Å². The van der Waals surface area contributed by atoms with Gasteiger partial charge in [0, 0.05) is 6.54 Å². The van der Waals surface area contributed by atoms with Crippen molar-refractivity contribution in [3.05, 3.63) is 5.56 Å². The van der Waals surface area contributed by atoms with Gasteiger partial charge in [-0.1, -0.05) is 13.8 Å². The summed E-state index contributed by atoms with van der Waals surface area (Å²) in [6, 6.07) is 2.05. The molecule has 0 spiro atoms. The molecule has 0 atom stereocenters. The second-order valence-electron chi connectivity index (χ2n) is 3.85. The van der Waals surface area contributed by atoms with Crippen LogP contribution >= 0.6 is 11.5 Å². The second kappa shape index (κ2) is 5.56. The molecule has 0 aliphatic heterocycles. The van der Waals surface area contributed by atoms with Crippen LogP contribution in [0.25, 0.3) is 0 Å². The molecule has 1 aromatic heterocycles. The molecule has 0 aromatic carbocycles. The minimum Gasteiger partial charge on any atom is -0.382 e. The van der Waals surface area contributed by atoms with Gasteiger partial charge in [0.05, 0.1) is 0 Å². The summed E-state index contributed by atoms with van der Waals surface area (Å²) in [4.78, 5) is 0. The maximum Gasteiger partial charge on any atom is 0.157 e. The van der Waals surface area contributed by atoms with Crippen LogP contribution in [0.1, 0.15) is 32.3 Å². The Labute approximate surface area is 94.3 Å². The Morgan fingerprint density at radius 2 is 2.33 bits per heavy atom. The van der Waals surface area contributed by atoms with E-state index < -0.39 is 0 Å². The summed E-state index contributed by atoms with van der Waals surface area (Å²) >= 11 is 1.25. The van der Waals surface area contributed by atoms with Crippen molar-refractivity contribution in [3.63, 3.8) is 0 Å². The van der Waals surface area contributed by atoms with Crippen LogP contribution in [0.3, 0.4) is 0 Å². The second-order valence-corrected chi connectivity index (χ2v) is 4.62. The molecule has 0 saturated heterocycles. The van der Waals surface area contributed by atoms with Gasteiger partial charge in [-0.15, -0.1) is 0 Å². The Morgan fingerprint density at radius 1 is 1.60 bits per heavy atom. The van der Waals surface area contributed by atoms with Crippen LogP contribution in [0.2, 0.25) is 0 Å². The van der Waals surface area contributed by atoms with Crippen LogP contribution in [0.5, 0.6) is 0 Å². The van der Waals surface area contributed by atoms with Gasteiger partial charge in [0.25, 0.3) is 0 Å². The first-order valence-corrected chi connectivity index (χ1v) is 5.81. The molecule has 0 aliphatic carbocycles. The highest BCUT2D eigenvalue weighted by Gasteiger charge is 2.09. The molecule has 0 fully saturated rings. The van der Waals surface area contributed by atoms with Gasteiger partial charge in [-0.05, 0) is 30.3 Å². The maximum absolute atomic E-state index is 8.83. The van der Waals surface area contributed by atoms with Crippen molar-refractivity contribution in [2.24, 2.45) is 5.92 Å². The van der Waals surface area contributed by atoms with E-state index >= 15 is 0 Å². The zero-order valence-electron chi connectivity index (χ0n) is 9.08. The summed E-state index contributed by atoms with van der Waals surface area (Å²) in [5.41, 5.74) is 6.02. The predicted octanol–water partition coefficient (Wildman–Crippen LogP) is 2.45. The van der Waals surface area contributed by atoms with Crippen molar-refractivity contribution >= 4 is 22.4 Å². The molecule has 82 valence electrons. The molecule has 1 heterocycles. The van der Waals surface area contributed by atoms with Gasteiger partial charge in [-0.25, -0.2) is 0 Å². The fourth-order valence-corrected chi connectivity index (χ4v) is 1.93. The first-order chi connectivity index (χ1) is 7.15.